The third kappa shape index (κ3) is 2.87. The average molecular weight is 312 g/mol. The highest BCUT2D eigenvalue weighted by molar-refractivity contribution is 6.39. The van der Waals surface area contributed by atoms with Gasteiger partial charge in [-0.15, -0.1) is 0 Å². The summed E-state index contributed by atoms with van der Waals surface area (Å²) < 4.78 is 0. The fraction of sp³-hybridized carbons (Fsp3) is 0.579. The number of aryl methyl sites for hydroxylation is 1. The van der Waals surface area contributed by atoms with E-state index in [2.05, 4.69) is 10.6 Å². The average Bonchev–Trinajstić information content (AvgIpc) is 2.45. The van der Waals surface area contributed by atoms with E-state index < -0.39 is 11.8 Å². The Labute approximate surface area is 137 Å². The van der Waals surface area contributed by atoms with Gasteiger partial charge in [-0.3, -0.25) is 9.59 Å². The molecule has 2 amide bonds. The molecule has 1 aromatic rings. The number of hydrogen-bond donors (Lipinski definition) is 2. The lowest BCUT2D eigenvalue weighted by molar-refractivity contribution is -0.139. The molecule has 0 radical (unpaired) electrons. The second kappa shape index (κ2) is 5.36. The largest absolute Gasteiger partial charge is 0.342 e. The van der Waals surface area contributed by atoms with Crippen LogP contribution in [0.5, 0.6) is 0 Å². The van der Waals surface area contributed by atoms with E-state index in [4.69, 9.17) is 0 Å². The summed E-state index contributed by atoms with van der Waals surface area (Å²) in [7, 11) is 0. The van der Waals surface area contributed by atoms with Crippen LogP contribution in [0, 0.1) is 24.7 Å². The number of nitrogens with one attached hydrogen (secondary N) is 2. The van der Waals surface area contributed by atoms with Gasteiger partial charge in [0.05, 0.1) is 0 Å². The van der Waals surface area contributed by atoms with Gasteiger partial charge in [-0.1, -0.05) is 12.1 Å². The molecule has 0 heterocycles. The SMILES string of the molecule is Cc1cccc(NC(=O)C(=O)NC23CC4CC(CC(C4)C2)C3)c1. The molecule has 5 rings (SSSR count). The van der Waals surface area contributed by atoms with Gasteiger partial charge >= 0.3 is 11.8 Å². The zero-order chi connectivity index (χ0) is 16.0. The number of hydrogen-bond acceptors (Lipinski definition) is 2. The monoisotopic (exact) mass is 312 g/mol. The van der Waals surface area contributed by atoms with Crippen LogP contribution in [-0.4, -0.2) is 17.4 Å². The van der Waals surface area contributed by atoms with Crippen LogP contribution in [0.25, 0.3) is 0 Å². The summed E-state index contributed by atoms with van der Waals surface area (Å²) in [6.45, 7) is 1.96. The summed E-state index contributed by atoms with van der Waals surface area (Å²) in [5.74, 6) is 1.23. The van der Waals surface area contributed by atoms with Crippen molar-refractivity contribution in [2.75, 3.05) is 5.32 Å². The quantitative estimate of drug-likeness (QED) is 0.825. The Balaban J connectivity index is 1.42. The first-order chi connectivity index (χ1) is 11.0. The lowest BCUT2D eigenvalue weighted by Crippen LogP contribution is -2.61. The Hall–Kier alpha value is -1.84. The summed E-state index contributed by atoms with van der Waals surface area (Å²) in [6.07, 6.45) is 7.15. The fourth-order valence-electron chi connectivity index (χ4n) is 5.47. The summed E-state index contributed by atoms with van der Waals surface area (Å²) in [5, 5.41) is 5.82. The van der Waals surface area contributed by atoms with Crippen molar-refractivity contribution in [3.05, 3.63) is 29.8 Å². The molecule has 0 aliphatic heterocycles. The highest BCUT2D eigenvalue weighted by atomic mass is 16.2. The minimum absolute atomic E-state index is 0.115. The van der Waals surface area contributed by atoms with Crippen LogP contribution in [0.3, 0.4) is 0 Å². The van der Waals surface area contributed by atoms with Gasteiger partial charge in [-0.25, -0.2) is 0 Å². The van der Waals surface area contributed by atoms with Gasteiger partial charge in [0.1, 0.15) is 0 Å². The van der Waals surface area contributed by atoms with Gasteiger partial charge in [-0.05, 0) is 80.9 Å². The predicted molar refractivity (Wildman–Crippen MR) is 88.9 cm³/mol. The molecule has 122 valence electrons. The van der Waals surface area contributed by atoms with Crippen LogP contribution in [0.4, 0.5) is 5.69 Å². The van der Waals surface area contributed by atoms with Crippen molar-refractivity contribution in [1.29, 1.82) is 0 Å². The number of carbonyl (C=O) groups is 2. The standard InChI is InChI=1S/C19H24N2O2/c1-12-3-2-4-16(5-12)20-17(22)18(23)21-19-9-13-6-14(10-19)8-15(7-13)11-19/h2-5,13-15H,6-11H2,1H3,(H,20,22)(H,21,23). The van der Waals surface area contributed by atoms with Crippen molar-refractivity contribution in [3.8, 4) is 0 Å². The highest BCUT2D eigenvalue weighted by Gasteiger charge is 2.51. The first-order valence-electron chi connectivity index (χ1n) is 8.71. The van der Waals surface area contributed by atoms with Crippen molar-refractivity contribution in [3.63, 3.8) is 0 Å². The maximum Gasteiger partial charge on any atom is 0.313 e. The number of carbonyl (C=O) groups excluding carboxylic acids is 2. The Bertz CT molecular complexity index is 617. The van der Waals surface area contributed by atoms with E-state index in [-0.39, 0.29) is 5.54 Å². The molecule has 0 atom stereocenters. The summed E-state index contributed by atoms with van der Waals surface area (Å²) >= 11 is 0. The molecule has 4 aliphatic carbocycles. The van der Waals surface area contributed by atoms with Gasteiger partial charge < -0.3 is 10.6 Å². The molecule has 4 heteroatoms. The molecule has 4 bridgehead atoms. The maximum absolute atomic E-state index is 12.4. The Morgan fingerprint density at radius 2 is 1.61 bits per heavy atom. The minimum atomic E-state index is -0.550. The summed E-state index contributed by atoms with van der Waals surface area (Å²) in [6, 6.07) is 7.52. The van der Waals surface area contributed by atoms with Crippen molar-refractivity contribution in [2.24, 2.45) is 17.8 Å². The van der Waals surface area contributed by atoms with Crippen LogP contribution >= 0.6 is 0 Å². The molecule has 4 aliphatic rings. The number of benzene rings is 1. The van der Waals surface area contributed by atoms with Gasteiger partial charge in [0.25, 0.3) is 0 Å². The van der Waals surface area contributed by atoms with Crippen molar-refractivity contribution in [2.45, 2.75) is 51.0 Å². The lowest BCUT2D eigenvalue weighted by atomic mass is 9.53. The maximum atomic E-state index is 12.4. The van der Waals surface area contributed by atoms with Crippen molar-refractivity contribution >= 4 is 17.5 Å². The topological polar surface area (TPSA) is 58.2 Å². The molecule has 0 unspecified atom stereocenters. The van der Waals surface area contributed by atoms with Crippen molar-refractivity contribution in [1.82, 2.24) is 5.32 Å². The van der Waals surface area contributed by atoms with Gasteiger partial charge in [0, 0.05) is 11.2 Å². The molecule has 0 aromatic heterocycles. The van der Waals surface area contributed by atoms with Crippen LogP contribution in [0.2, 0.25) is 0 Å². The zero-order valence-corrected chi connectivity index (χ0v) is 13.6. The van der Waals surface area contributed by atoms with Crippen LogP contribution in [-0.2, 0) is 9.59 Å². The van der Waals surface area contributed by atoms with E-state index in [0.717, 1.165) is 42.6 Å². The smallest absolute Gasteiger partial charge is 0.313 e. The molecule has 0 saturated heterocycles. The molecule has 0 spiro atoms. The van der Waals surface area contributed by atoms with Crippen LogP contribution < -0.4 is 10.6 Å². The van der Waals surface area contributed by atoms with E-state index in [1.165, 1.54) is 19.3 Å². The van der Waals surface area contributed by atoms with Gasteiger partial charge in [-0.2, -0.15) is 0 Å². The zero-order valence-electron chi connectivity index (χ0n) is 13.6. The predicted octanol–water partition coefficient (Wildman–Crippen LogP) is 3.02. The minimum Gasteiger partial charge on any atom is -0.342 e. The summed E-state index contributed by atoms with van der Waals surface area (Å²) in [4.78, 5) is 24.6. The number of amides is 2. The van der Waals surface area contributed by atoms with E-state index in [1.807, 2.05) is 31.2 Å². The fourth-order valence-corrected chi connectivity index (χ4v) is 5.47. The second-order valence-corrected chi connectivity index (χ2v) is 7.98. The van der Waals surface area contributed by atoms with Crippen LogP contribution in [0.15, 0.2) is 24.3 Å². The Morgan fingerprint density at radius 3 is 2.17 bits per heavy atom. The Morgan fingerprint density at radius 1 is 1.00 bits per heavy atom. The van der Waals surface area contributed by atoms with Crippen LogP contribution in [0.1, 0.15) is 44.1 Å². The molecule has 4 saturated carbocycles. The van der Waals surface area contributed by atoms with Gasteiger partial charge in [0.15, 0.2) is 0 Å². The molecule has 4 fully saturated rings. The molecule has 23 heavy (non-hydrogen) atoms. The molecule has 1 aromatic carbocycles. The first kappa shape index (κ1) is 14.7. The molecule has 2 N–H and O–H groups in total. The number of anilines is 1. The summed E-state index contributed by atoms with van der Waals surface area (Å²) in [5.41, 5.74) is 1.62. The van der Waals surface area contributed by atoms with E-state index in [9.17, 15) is 9.59 Å². The van der Waals surface area contributed by atoms with E-state index >= 15 is 0 Å². The third-order valence-corrected chi connectivity index (χ3v) is 5.90. The second-order valence-electron chi connectivity index (χ2n) is 7.98. The van der Waals surface area contributed by atoms with Crippen molar-refractivity contribution < 1.29 is 9.59 Å². The molecular formula is C19H24N2O2. The molecule has 4 nitrogen and oxygen atoms in total. The lowest BCUT2D eigenvalue weighted by Gasteiger charge is -2.56. The van der Waals surface area contributed by atoms with E-state index in [0.29, 0.717) is 5.69 Å². The Kier molecular flexibility index (Phi) is 3.43. The molecular weight excluding hydrogens is 288 g/mol. The highest BCUT2D eigenvalue weighted by Crippen LogP contribution is 2.55. The van der Waals surface area contributed by atoms with E-state index in [1.54, 1.807) is 0 Å². The third-order valence-electron chi connectivity index (χ3n) is 5.90. The number of rotatable bonds is 2. The first-order valence-corrected chi connectivity index (χ1v) is 8.71. The normalized spacial score (nSPS) is 34.2. The van der Waals surface area contributed by atoms with Gasteiger partial charge in [0.2, 0.25) is 0 Å².